The molecule has 0 aliphatic carbocycles. The molecule has 2 rings (SSSR count). The van der Waals surface area contributed by atoms with Crippen LogP contribution in [0.2, 0.25) is 0 Å². The van der Waals surface area contributed by atoms with Gasteiger partial charge in [-0.15, -0.1) is 35.3 Å². The van der Waals surface area contributed by atoms with Gasteiger partial charge in [-0.05, 0) is 46.7 Å². The van der Waals surface area contributed by atoms with Gasteiger partial charge < -0.3 is 10.6 Å². The molecule has 0 spiro atoms. The lowest BCUT2D eigenvalue weighted by Crippen LogP contribution is -2.54. The Bertz CT molecular complexity index is 494. The molecule has 0 unspecified atom stereocenters. The molecule has 7 heteroatoms. The first kappa shape index (κ1) is 20.6. The Morgan fingerprint density at radius 1 is 1.30 bits per heavy atom. The van der Waals surface area contributed by atoms with Crippen molar-refractivity contribution in [3.05, 3.63) is 16.1 Å². The van der Waals surface area contributed by atoms with Crippen molar-refractivity contribution in [3.63, 3.8) is 0 Å². The number of guanidine groups is 1. The molecule has 1 aliphatic heterocycles. The molecular weight excluding hydrogens is 421 g/mol. The van der Waals surface area contributed by atoms with E-state index < -0.39 is 0 Å². The van der Waals surface area contributed by atoms with Crippen LogP contribution in [0.25, 0.3) is 0 Å². The van der Waals surface area contributed by atoms with Crippen molar-refractivity contribution in [1.29, 1.82) is 0 Å². The van der Waals surface area contributed by atoms with Gasteiger partial charge in [0, 0.05) is 24.0 Å². The van der Waals surface area contributed by atoms with Gasteiger partial charge in [-0.3, -0.25) is 9.89 Å². The van der Waals surface area contributed by atoms with E-state index in [0.717, 1.165) is 24.7 Å². The molecule has 2 N–H and O–H groups in total. The standard InChI is InChI=1S/C16H29N5S.HI/c1-13-14(22-12-20-13)10-18-15(17-4)19-11-16(2,3)21-8-6-5-7-9-21;/h12H,5-11H2,1-4H3,(H2,17,18,19);1H. The normalized spacial score (nSPS) is 16.8. The van der Waals surface area contributed by atoms with Crippen molar-refractivity contribution >= 4 is 41.3 Å². The largest absolute Gasteiger partial charge is 0.355 e. The third kappa shape index (κ3) is 6.19. The number of piperidine rings is 1. The van der Waals surface area contributed by atoms with Crippen LogP contribution in [0.15, 0.2) is 10.5 Å². The minimum absolute atomic E-state index is 0. The fourth-order valence-electron chi connectivity index (χ4n) is 2.79. The Morgan fingerprint density at radius 2 is 2.00 bits per heavy atom. The van der Waals surface area contributed by atoms with Crippen LogP contribution in [0.1, 0.15) is 43.7 Å². The van der Waals surface area contributed by atoms with Crippen molar-refractivity contribution in [2.45, 2.75) is 52.1 Å². The molecule has 1 saturated heterocycles. The van der Waals surface area contributed by atoms with Gasteiger partial charge in [0.15, 0.2) is 5.96 Å². The van der Waals surface area contributed by atoms with Gasteiger partial charge in [0.25, 0.3) is 0 Å². The van der Waals surface area contributed by atoms with Crippen LogP contribution in [0, 0.1) is 6.92 Å². The summed E-state index contributed by atoms with van der Waals surface area (Å²) < 4.78 is 0. The van der Waals surface area contributed by atoms with Crippen LogP contribution in [-0.2, 0) is 6.54 Å². The van der Waals surface area contributed by atoms with Crippen LogP contribution < -0.4 is 10.6 Å². The number of likely N-dealkylation sites (tertiary alicyclic amines) is 1. The zero-order valence-electron chi connectivity index (χ0n) is 14.7. The highest BCUT2D eigenvalue weighted by Crippen LogP contribution is 2.19. The molecule has 0 aromatic carbocycles. The van der Waals surface area contributed by atoms with Gasteiger partial charge >= 0.3 is 0 Å². The Hall–Kier alpha value is -0.410. The first-order valence-corrected chi connectivity index (χ1v) is 8.99. The minimum atomic E-state index is 0. The van der Waals surface area contributed by atoms with E-state index in [-0.39, 0.29) is 29.5 Å². The van der Waals surface area contributed by atoms with Crippen LogP contribution >= 0.6 is 35.3 Å². The highest BCUT2D eigenvalue weighted by molar-refractivity contribution is 14.0. The number of nitrogens with zero attached hydrogens (tertiary/aromatic N) is 3. The number of aromatic nitrogens is 1. The Balaban J connectivity index is 0.00000264. The summed E-state index contributed by atoms with van der Waals surface area (Å²) in [5.74, 6) is 0.859. The van der Waals surface area contributed by atoms with E-state index in [2.05, 4.69) is 39.4 Å². The third-order valence-electron chi connectivity index (χ3n) is 4.39. The van der Waals surface area contributed by atoms with E-state index in [0.29, 0.717) is 0 Å². The Kier molecular flexibility index (Phi) is 8.78. The van der Waals surface area contributed by atoms with Crippen molar-refractivity contribution < 1.29 is 0 Å². The first-order valence-electron chi connectivity index (χ1n) is 8.11. The lowest BCUT2D eigenvalue weighted by molar-refractivity contribution is 0.0982. The maximum Gasteiger partial charge on any atom is 0.191 e. The number of halogens is 1. The van der Waals surface area contributed by atoms with E-state index in [1.165, 1.54) is 37.2 Å². The molecule has 132 valence electrons. The summed E-state index contributed by atoms with van der Waals surface area (Å²) in [5.41, 5.74) is 3.14. The highest BCUT2D eigenvalue weighted by atomic mass is 127. The second-order valence-electron chi connectivity index (χ2n) is 6.50. The van der Waals surface area contributed by atoms with Crippen LogP contribution in [0.3, 0.4) is 0 Å². The van der Waals surface area contributed by atoms with Crippen molar-refractivity contribution in [2.24, 2.45) is 4.99 Å². The van der Waals surface area contributed by atoms with E-state index in [9.17, 15) is 0 Å². The SMILES string of the molecule is CN=C(NCc1scnc1C)NCC(C)(C)N1CCCCC1.I. The number of nitrogens with one attached hydrogen (secondary N) is 2. The van der Waals surface area contributed by atoms with Crippen LogP contribution in [0.5, 0.6) is 0 Å². The summed E-state index contributed by atoms with van der Waals surface area (Å²) in [7, 11) is 1.82. The molecule has 1 aliphatic rings. The van der Waals surface area contributed by atoms with Gasteiger partial charge in [-0.2, -0.15) is 0 Å². The van der Waals surface area contributed by atoms with E-state index in [1.54, 1.807) is 11.3 Å². The van der Waals surface area contributed by atoms with Gasteiger partial charge in [-0.25, -0.2) is 4.98 Å². The maximum absolute atomic E-state index is 4.33. The van der Waals surface area contributed by atoms with E-state index in [4.69, 9.17) is 0 Å². The molecule has 5 nitrogen and oxygen atoms in total. The molecule has 1 aromatic heterocycles. The molecule has 1 aromatic rings. The Morgan fingerprint density at radius 3 is 2.57 bits per heavy atom. The lowest BCUT2D eigenvalue weighted by Gasteiger charge is -2.41. The van der Waals surface area contributed by atoms with Crippen molar-refractivity contribution in [3.8, 4) is 0 Å². The predicted molar refractivity (Wildman–Crippen MR) is 110 cm³/mol. The first-order chi connectivity index (χ1) is 10.5. The second kappa shape index (κ2) is 9.78. The number of thiazole rings is 1. The molecule has 2 heterocycles. The van der Waals surface area contributed by atoms with Gasteiger partial charge in [0.05, 0.1) is 17.7 Å². The molecule has 0 amide bonds. The number of aliphatic imine (C=N–C) groups is 1. The summed E-state index contributed by atoms with van der Waals surface area (Å²) in [6.45, 7) is 10.8. The highest BCUT2D eigenvalue weighted by Gasteiger charge is 2.27. The molecule has 0 bridgehead atoms. The Labute approximate surface area is 161 Å². The summed E-state index contributed by atoms with van der Waals surface area (Å²) in [6, 6.07) is 0. The number of hydrogen-bond acceptors (Lipinski definition) is 4. The number of aryl methyl sites for hydroxylation is 1. The average Bonchev–Trinajstić information content (AvgIpc) is 2.93. The number of hydrogen-bond donors (Lipinski definition) is 2. The monoisotopic (exact) mass is 451 g/mol. The molecule has 1 fully saturated rings. The molecule has 0 saturated carbocycles. The molecule has 23 heavy (non-hydrogen) atoms. The van der Waals surface area contributed by atoms with Crippen molar-refractivity contribution in [1.82, 2.24) is 20.5 Å². The topological polar surface area (TPSA) is 52.6 Å². The maximum atomic E-state index is 4.33. The zero-order valence-corrected chi connectivity index (χ0v) is 17.8. The van der Waals surface area contributed by atoms with Crippen LogP contribution in [0.4, 0.5) is 0 Å². The third-order valence-corrected chi connectivity index (χ3v) is 5.32. The summed E-state index contributed by atoms with van der Waals surface area (Å²) >= 11 is 1.68. The summed E-state index contributed by atoms with van der Waals surface area (Å²) in [4.78, 5) is 12.5. The summed E-state index contributed by atoms with van der Waals surface area (Å²) in [6.07, 6.45) is 4.01. The predicted octanol–water partition coefficient (Wildman–Crippen LogP) is 3.00. The smallest absolute Gasteiger partial charge is 0.191 e. The zero-order chi connectivity index (χ0) is 16.0. The van der Waals surface area contributed by atoms with E-state index >= 15 is 0 Å². The number of rotatable bonds is 5. The lowest BCUT2D eigenvalue weighted by atomic mass is 9.98. The van der Waals surface area contributed by atoms with Gasteiger partial charge in [-0.1, -0.05) is 6.42 Å². The molecule has 0 radical (unpaired) electrons. The fraction of sp³-hybridized carbons (Fsp3) is 0.750. The van der Waals surface area contributed by atoms with Gasteiger partial charge in [0.1, 0.15) is 0 Å². The second-order valence-corrected chi connectivity index (χ2v) is 7.44. The molecule has 0 atom stereocenters. The minimum Gasteiger partial charge on any atom is -0.355 e. The fourth-order valence-corrected chi connectivity index (χ4v) is 3.51. The summed E-state index contributed by atoms with van der Waals surface area (Å²) in [5, 5.41) is 6.85. The average molecular weight is 451 g/mol. The van der Waals surface area contributed by atoms with Crippen molar-refractivity contribution in [2.75, 3.05) is 26.7 Å². The van der Waals surface area contributed by atoms with Crippen LogP contribution in [-0.4, -0.2) is 48.1 Å². The van der Waals surface area contributed by atoms with E-state index in [1.807, 2.05) is 19.5 Å². The molecular formula is C16H30IN5S. The quantitative estimate of drug-likeness (QED) is 0.411. The van der Waals surface area contributed by atoms with Gasteiger partial charge in [0.2, 0.25) is 0 Å².